The summed E-state index contributed by atoms with van der Waals surface area (Å²) in [5.41, 5.74) is 2.66. The highest BCUT2D eigenvalue weighted by molar-refractivity contribution is 9.10. The average Bonchev–Trinajstić information content (AvgIpc) is 3.17. The van der Waals surface area contributed by atoms with Crippen LogP contribution in [-0.2, 0) is 4.79 Å². The number of halogens is 1. The number of thiazole rings is 1. The number of anilines is 1. The smallest absolute Gasteiger partial charge is 0.250 e. The van der Waals surface area contributed by atoms with E-state index in [9.17, 15) is 4.79 Å². The van der Waals surface area contributed by atoms with E-state index in [2.05, 4.69) is 26.2 Å². The molecule has 1 aromatic heterocycles. The van der Waals surface area contributed by atoms with Crippen LogP contribution >= 0.6 is 27.3 Å². The maximum Gasteiger partial charge on any atom is 0.250 e. The fourth-order valence-corrected chi connectivity index (χ4v) is 3.72. The summed E-state index contributed by atoms with van der Waals surface area (Å²) in [7, 11) is 0. The zero-order chi connectivity index (χ0) is 20.6. The normalized spacial score (nSPS) is 10.9. The van der Waals surface area contributed by atoms with Crippen molar-refractivity contribution in [2.45, 2.75) is 13.8 Å². The van der Waals surface area contributed by atoms with Crippen LogP contribution in [0.3, 0.4) is 0 Å². The summed E-state index contributed by atoms with van der Waals surface area (Å²) in [6.45, 7) is 4.95. The second kappa shape index (κ2) is 10.2. The predicted molar refractivity (Wildman–Crippen MR) is 122 cm³/mol. The number of aromatic nitrogens is 1. The second-order valence-corrected chi connectivity index (χ2v) is 7.72. The van der Waals surface area contributed by atoms with Crippen molar-refractivity contribution in [1.82, 2.24) is 4.98 Å². The highest BCUT2D eigenvalue weighted by Crippen LogP contribution is 2.29. The van der Waals surface area contributed by atoms with Gasteiger partial charge in [0.15, 0.2) is 16.6 Å². The molecule has 29 heavy (non-hydrogen) atoms. The van der Waals surface area contributed by atoms with Crippen molar-refractivity contribution in [1.29, 1.82) is 0 Å². The first-order chi connectivity index (χ1) is 14.1. The highest BCUT2D eigenvalue weighted by Gasteiger charge is 2.08. The number of ether oxygens (including phenoxy) is 2. The molecule has 3 aromatic rings. The van der Waals surface area contributed by atoms with Crippen molar-refractivity contribution in [3.8, 4) is 22.8 Å². The summed E-state index contributed by atoms with van der Waals surface area (Å²) in [5, 5.41) is 5.27. The molecule has 0 bridgehead atoms. The molecule has 0 saturated heterocycles. The van der Waals surface area contributed by atoms with Crippen LogP contribution in [0.25, 0.3) is 17.3 Å². The van der Waals surface area contributed by atoms with Crippen molar-refractivity contribution < 1.29 is 14.3 Å². The first-order valence-corrected chi connectivity index (χ1v) is 10.9. The lowest BCUT2D eigenvalue weighted by atomic mass is 10.2. The lowest BCUT2D eigenvalue weighted by Crippen LogP contribution is -2.07. The molecule has 5 nitrogen and oxygen atoms in total. The Balaban J connectivity index is 1.66. The third-order valence-electron chi connectivity index (χ3n) is 3.85. The number of hydrogen-bond donors (Lipinski definition) is 1. The number of carbonyl (C=O) groups excluding carboxylic acids is 1. The molecular formula is C22H21BrN2O3S. The summed E-state index contributed by atoms with van der Waals surface area (Å²) in [6.07, 6.45) is 3.21. The van der Waals surface area contributed by atoms with Crippen LogP contribution in [0.15, 0.2) is 58.4 Å². The van der Waals surface area contributed by atoms with Crippen LogP contribution in [-0.4, -0.2) is 24.1 Å². The number of nitrogens with one attached hydrogen (secondary N) is 1. The van der Waals surface area contributed by atoms with Gasteiger partial charge in [0.1, 0.15) is 0 Å². The van der Waals surface area contributed by atoms with E-state index in [1.165, 1.54) is 17.4 Å². The van der Waals surface area contributed by atoms with Crippen molar-refractivity contribution in [2.75, 3.05) is 18.5 Å². The largest absolute Gasteiger partial charge is 0.490 e. The van der Waals surface area contributed by atoms with E-state index >= 15 is 0 Å². The summed E-state index contributed by atoms with van der Waals surface area (Å²) in [6, 6.07) is 13.5. The molecule has 1 amide bonds. The van der Waals surface area contributed by atoms with Crippen molar-refractivity contribution in [3.05, 3.63) is 64.0 Å². The van der Waals surface area contributed by atoms with E-state index in [0.717, 1.165) is 21.3 Å². The minimum Gasteiger partial charge on any atom is -0.490 e. The fraction of sp³-hybridized carbons (Fsp3) is 0.182. The van der Waals surface area contributed by atoms with Crippen LogP contribution in [0.2, 0.25) is 0 Å². The van der Waals surface area contributed by atoms with Gasteiger partial charge in [-0.05, 0) is 49.8 Å². The lowest BCUT2D eigenvalue weighted by molar-refractivity contribution is -0.111. The zero-order valence-corrected chi connectivity index (χ0v) is 18.5. The fourth-order valence-electron chi connectivity index (χ4n) is 2.60. The number of hydrogen-bond acceptors (Lipinski definition) is 5. The second-order valence-electron chi connectivity index (χ2n) is 5.94. The molecule has 0 radical (unpaired) electrons. The zero-order valence-electron chi connectivity index (χ0n) is 16.1. The quantitative estimate of drug-likeness (QED) is 0.407. The standard InChI is InChI=1S/C22H21BrN2O3S/c1-3-27-19-10-8-15(12-20(19)28-4-2)9-11-21(26)25-22-24-18(14-29-22)16-6-5-7-17(23)13-16/h5-14H,3-4H2,1-2H3,(H,24,25,26). The van der Waals surface area contributed by atoms with Crippen molar-refractivity contribution in [3.63, 3.8) is 0 Å². The maximum absolute atomic E-state index is 12.3. The summed E-state index contributed by atoms with van der Waals surface area (Å²) in [5.74, 6) is 1.11. The van der Waals surface area contributed by atoms with E-state index in [1.54, 1.807) is 6.08 Å². The molecule has 2 aromatic carbocycles. The Hall–Kier alpha value is -2.64. The molecule has 1 heterocycles. The Morgan fingerprint density at radius 2 is 1.93 bits per heavy atom. The van der Waals surface area contributed by atoms with Crippen LogP contribution in [0.5, 0.6) is 11.5 Å². The SMILES string of the molecule is CCOc1ccc(C=CC(=O)Nc2nc(-c3cccc(Br)c3)cs2)cc1OCC. The monoisotopic (exact) mass is 472 g/mol. The van der Waals surface area contributed by atoms with Gasteiger partial charge < -0.3 is 9.47 Å². The van der Waals surface area contributed by atoms with Crippen molar-refractivity contribution in [2.24, 2.45) is 0 Å². The van der Waals surface area contributed by atoms with Crippen LogP contribution in [0.4, 0.5) is 5.13 Å². The number of benzene rings is 2. The third-order valence-corrected chi connectivity index (χ3v) is 5.10. The summed E-state index contributed by atoms with van der Waals surface area (Å²) >= 11 is 4.84. The van der Waals surface area contributed by atoms with Gasteiger partial charge in [-0.25, -0.2) is 4.98 Å². The van der Waals surface area contributed by atoms with Gasteiger partial charge in [0.05, 0.1) is 18.9 Å². The van der Waals surface area contributed by atoms with Gasteiger partial charge in [-0.1, -0.05) is 34.1 Å². The molecule has 0 spiro atoms. The molecule has 0 aliphatic heterocycles. The number of amides is 1. The molecule has 7 heteroatoms. The number of carbonyl (C=O) groups is 1. The van der Waals surface area contributed by atoms with E-state index in [-0.39, 0.29) is 5.91 Å². The average molecular weight is 473 g/mol. The van der Waals surface area contributed by atoms with Gasteiger partial charge in [0.2, 0.25) is 5.91 Å². The number of rotatable bonds is 8. The minimum atomic E-state index is -0.244. The van der Waals surface area contributed by atoms with Gasteiger partial charge in [-0.3, -0.25) is 10.1 Å². The summed E-state index contributed by atoms with van der Waals surface area (Å²) in [4.78, 5) is 16.8. The first kappa shape index (κ1) is 21.1. The topological polar surface area (TPSA) is 60.5 Å². The minimum absolute atomic E-state index is 0.244. The molecule has 0 aliphatic rings. The molecule has 0 aliphatic carbocycles. The van der Waals surface area contributed by atoms with Gasteiger partial charge in [-0.15, -0.1) is 11.3 Å². The number of nitrogens with zero attached hydrogens (tertiary/aromatic N) is 1. The van der Waals surface area contributed by atoms with Crippen LogP contribution < -0.4 is 14.8 Å². The van der Waals surface area contributed by atoms with E-state index < -0.39 is 0 Å². The third kappa shape index (κ3) is 5.92. The Morgan fingerprint density at radius 3 is 2.69 bits per heavy atom. The van der Waals surface area contributed by atoms with E-state index in [4.69, 9.17) is 9.47 Å². The van der Waals surface area contributed by atoms with Gasteiger partial charge in [0.25, 0.3) is 0 Å². The Bertz CT molecular complexity index is 1020. The van der Waals surface area contributed by atoms with Gasteiger partial charge in [-0.2, -0.15) is 0 Å². The first-order valence-electron chi connectivity index (χ1n) is 9.19. The van der Waals surface area contributed by atoms with Gasteiger partial charge in [0, 0.05) is 21.5 Å². The maximum atomic E-state index is 12.3. The Morgan fingerprint density at radius 1 is 1.14 bits per heavy atom. The highest BCUT2D eigenvalue weighted by atomic mass is 79.9. The molecule has 0 saturated carbocycles. The van der Waals surface area contributed by atoms with E-state index in [0.29, 0.717) is 29.8 Å². The summed E-state index contributed by atoms with van der Waals surface area (Å²) < 4.78 is 12.2. The molecule has 0 unspecified atom stereocenters. The molecule has 3 rings (SSSR count). The Kier molecular flexibility index (Phi) is 7.43. The van der Waals surface area contributed by atoms with Gasteiger partial charge >= 0.3 is 0 Å². The van der Waals surface area contributed by atoms with Crippen LogP contribution in [0.1, 0.15) is 19.4 Å². The van der Waals surface area contributed by atoms with E-state index in [1.807, 2.05) is 61.7 Å². The molecule has 0 atom stereocenters. The predicted octanol–water partition coefficient (Wildman–Crippen LogP) is 6.02. The lowest BCUT2D eigenvalue weighted by Gasteiger charge is -2.11. The van der Waals surface area contributed by atoms with Crippen molar-refractivity contribution >= 4 is 44.4 Å². The molecule has 0 fully saturated rings. The molecular weight excluding hydrogens is 452 g/mol. The Labute approximate surface area is 182 Å². The molecule has 1 N–H and O–H groups in total. The van der Waals surface area contributed by atoms with Crippen LogP contribution in [0, 0.1) is 0 Å². The molecule has 150 valence electrons.